The number of benzene rings is 1. The average Bonchev–Trinajstić information content (AvgIpc) is 3.15. The lowest BCUT2D eigenvalue weighted by Gasteiger charge is -2.29. The minimum absolute atomic E-state index is 0.0589. The van der Waals surface area contributed by atoms with Crippen LogP contribution in [0.25, 0.3) is 5.69 Å². The summed E-state index contributed by atoms with van der Waals surface area (Å²) in [7, 11) is 0. The minimum atomic E-state index is 0.0589. The SMILES string of the molecule is CCN(CC1CCCCO1)C(=O)c1cccc(-n2ccnc2)c1. The second-order valence-electron chi connectivity index (χ2n) is 5.85. The molecule has 1 unspecified atom stereocenters. The molecule has 5 nitrogen and oxygen atoms in total. The molecular weight excluding hydrogens is 290 g/mol. The quantitative estimate of drug-likeness (QED) is 0.853. The van der Waals surface area contributed by atoms with E-state index in [1.807, 2.05) is 46.9 Å². The van der Waals surface area contributed by atoms with Gasteiger partial charge in [-0.05, 0) is 44.4 Å². The zero-order valence-corrected chi connectivity index (χ0v) is 13.5. The summed E-state index contributed by atoms with van der Waals surface area (Å²) in [5.74, 6) is 0.0589. The van der Waals surface area contributed by atoms with Gasteiger partial charge in [-0.2, -0.15) is 0 Å². The molecule has 2 heterocycles. The highest BCUT2D eigenvalue weighted by molar-refractivity contribution is 5.94. The summed E-state index contributed by atoms with van der Waals surface area (Å²) >= 11 is 0. The number of imidazole rings is 1. The van der Waals surface area contributed by atoms with Crippen LogP contribution in [0.3, 0.4) is 0 Å². The van der Waals surface area contributed by atoms with Crippen molar-refractivity contribution in [1.82, 2.24) is 14.5 Å². The third kappa shape index (κ3) is 3.79. The van der Waals surface area contributed by atoms with Gasteiger partial charge in [-0.25, -0.2) is 4.98 Å². The Hall–Kier alpha value is -2.14. The van der Waals surface area contributed by atoms with E-state index >= 15 is 0 Å². The number of nitrogens with zero attached hydrogens (tertiary/aromatic N) is 3. The van der Waals surface area contributed by atoms with E-state index in [4.69, 9.17) is 4.74 Å². The second-order valence-corrected chi connectivity index (χ2v) is 5.85. The average molecular weight is 313 g/mol. The van der Waals surface area contributed by atoms with Gasteiger partial charge in [-0.15, -0.1) is 0 Å². The van der Waals surface area contributed by atoms with Crippen LogP contribution in [0.4, 0.5) is 0 Å². The minimum Gasteiger partial charge on any atom is -0.376 e. The predicted octanol–water partition coefficient (Wildman–Crippen LogP) is 2.90. The highest BCUT2D eigenvalue weighted by atomic mass is 16.5. The van der Waals surface area contributed by atoms with Gasteiger partial charge in [0.1, 0.15) is 0 Å². The number of likely N-dealkylation sites (N-methyl/N-ethyl adjacent to an activating group) is 1. The molecule has 1 saturated heterocycles. The number of ether oxygens (including phenoxy) is 1. The lowest BCUT2D eigenvalue weighted by atomic mass is 10.1. The zero-order chi connectivity index (χ0) is 16.1. The fourth-order valence-electron chi connectivity index (χ4n) is 2.95. The fraction of sp³-hybridized carbons (Fsp3) is 0.444. The molecule has 1 aliphatic rings. The topological polar surface area (TPSA) is 47.4 Å². The van der Waals surface area contributed by atoms with E-state index in [1.165, 1.54) is 6.42 Å². The Kier molecular flexibility index (Phi) is 5.08. The van der Waals surface area contributed by atoms with Crippen LogP contribution in [0.1, 0.15) is 36.5 Å². The molecule has 5 heteroatoms. The molecule has 0 aliphatic carbocycles. The van der Waals surface area contributed by atoms with Gasteiger partial charge in [0.15, 0.2) is 0 Å². The first kappa shape index (κ1) is 15.7. The van der Waals surface area contributed by atoms with Crippen LogP contribution in [-0.4, -0.2) is 46.2 Å². The van der Waals surface area contributed by atoms with Crippen LogP contribution in [0.2, 0.25) is 0 Å². The Labute approximate surface area is 136 Å². The normalized spacial score (nSPS) is 17.9. The van der Waals surface area contributed by atoms with Crippen LogP contribution in [0.15, 0.2) is 43.0 Å². The number of carbonyl (C=O) groups is 1. The van der Waals surface area contributed by atoms with Crippen LogP contribution < -0.4 is 0 Å². The zero-order valence-electron chi connectivity index (χ0n) is 13.5. The fourth-order valence-corrected chi connectivity index (χ4v) is 2.95. The van der Waals surface area contributed by atoms with Crippen molar-refractivity contribution in [2.75, 3.05) is 19.7 Å². The molecule has 3 rings (SSSR count). The number of hydrogen-bond donors (Lipinski definition) is 0. The predicted molar refractivity (Wildman–Crippen MR) is 88.7 cm³/mol. The van der Waals surface area contributed by atoms with Crippen LogP contribution in [-0.2, 0) is 4.74 Å². The molecule has 0 N–H and O–H groups in total. The van der Waals surface area contributed by atoms with Crippen molar-refractivity contribution in [2.45, 2.75) is 32.3 Å². The van der Waals surface area contributed by atoms with Gasteiger partial charge in [-0.3, -0.25) is 4.79 Å². The third-order valence-electron chi connectivity index (χ3n) is 4.26. The van der Waals surface area contributed by atoms with Gasteiger partial charge >= 0.3 is 0 Å². The van der Waals surface area contributed by atoms with Gasteiger partial charge in [0.2, 0.25) is 0 Å². The van der Waals surface area contributed by atoms with E-state index < -0.39 is 0 Å². The first-order chi connectivity index (χ1) is 11.3. The van der Waals surface area contributed by atoms with Gasteiger partial charge in [0, 0.05) is 43.3 Å². The highest BCUT2D eigenvalue weighted by Crippen LogP contribution is 2.17. The molecule has 1 aromatic heterocycles. The molecule has 0 radical (unpaired) electrons. The molecule has 23 heavy (non-hydrogen) atoms. The van der Waals surface area contributed by atoms with Crippen molar-refractivity contribution in [3.8, 4) is 5.69 Å². The number of aromatic nitrogens is 2. The van der Waals surface area contributed by atoms with Gasteiger partial charge in [0.25, 0.3) is 5.91 Å². The molecule has 1 atom stereocenters. The molecule has 1 aromatic carbocycles. The highest BCUT2D eigenvalue weighted by Gasteiger charge is 2.21. The molecule has 0 spiro atoms. The van der Waals surface area contributed by atoms with Crippen molar-refractivity contribution in [2.24, 2.45) is 0 Å². The van der Waals surface area contributed by atoms with Crippen LogP contribution >= 0.6 is 0 Å². The summed E-state index contributed by atoms with van der Waals surface area (Å²) in [6, 6.07) is 7.66. The molecular formula is C18H23N3O2. The Morgan fingerprint density at radius 3 is 3.04 bits per heavy atom. The summed E-state index contributed by atoms with van der Waals surface area (Å²) < 4.78 is 7.67. The summed E-state index contributed by atoms with van der Waals surface area (Å²) in [6.07, 6.45) is 8.86. The van der Waals surface area contributed by atoms with E-state index in [0.29, 0.717) is 18.7 Å². The maximum atomic E-state index is 12.8. The van der Waals surface area contributed by atoms with Gasteiger partial charge in [0.05, 0.1) is 12.4 Å². The summed E-state index contributed by atoms with van der Waals surface area (Å²) in [4.78, 5) is 18.7. The third-order valence-corrected chi connectivity index (χ3v) is 4.26. The van der Waals surface area contributed by atoms with E-state index in [2.05, 4.69) is 4.98 Å². The van der Waals surface area contributed by atoms with Crippen molar-refractivity contribution in [1.29, 1.82) is 0 Å². The smallest absolute Gasteiger partial charge is 0.254 e. The first-order valence-corrected chi connectivity index (χ1v) is 8.27. The Morgan fingerprint density at radius 1 is 1.43 bits per heavy atom. The number of carbonyl (C=O) groups excluding carboxylic acids is 1. The number of hydrogen-bond acceptors (Lipinski definition) is 3. The Morgan fingerprint density at radius 2 is 2.35 bits per heavy atom. The Balaban J connectivity index is 1.73. The maximum Gasteiger partial charge on any atom is 0.254 e. The van der Waals surface area contributed by atoms with Crippen LogP contribution in [0, 0.1) is 0 Å². The van der Waals surface area contributed by atoms with E-state index in [-0.39, 0.29) is 12.0 Å². The molecule has 1 amide bonds. The number of amides is 1. The first-order valence-electron chi connectivity index (χ1n) is 8.27. The monoisotopic (exact) mass is 313 g/mol. The molecule has 122 valence electrons. The molecule has 0 bridgehead atoms. The molecule has 1 aliphatic heterocycles. The van der Waals surface area contributed by atoms with Crippen LogP contribution in [0.5, 0.6) is 0 Å². The van der Waals surface area contributed by atoms with Crippen molar-refractivity contribution >= 4 is 5.91 Å². The summed E-state index contributed by atoms with van der Waals surface area (Å²) in [6.45, 7) is 4.19. The lowest BCUT2D eigenvalue weighted by Crippen LogP contribution is -2.39. The summed E-state index contributed by atoms with van der Waals surface area (Å²) in [5.41, 5.74) is 1.65. The van der Waals surface area contributed by atoms with E-state index in [1.54, 1.807) is 12.5 Å². The lowest BCUT2D eigenvalue weighted by molar-refractivity contribution is -0.00311. The molecule has 0 saturated carbocycles. The van der Waals surface area contributed by atoms with Gasteiger partial charge < -0.3 is 14.2 Å². The summed E-state index contributed by atoms with van der Waals surface area (Å²) in [5, 5.41) is 0. The van der Waals surface area contributed by atoms with E-state index in [9.17, 15) is 4.79 Å². The van der Waals surface area contributed by atoms with Crippen molar-refractivity contribution in [3.05, 3.63) is 48.5 Å². The second kappa shape index (κ2) is 7.42. The van der Waals surface area contributed by atoms with Crippen molar-refractivity contribution in [3.63, 3.8) is 0 Å². The molecule has 1 fully saturated rings. The Bertz CT molecular complexity index is 633. The van der Waals surface area contributed by atoms with E-state index in [0.717, 1.165) is 25.1 Å². The molecule has 2 aromatic rings. The maximum absolute atomic E-state index is 12.8. The van der Waals surface area contributed by atoms with Gasteiger partial charge in [-0.1, -0.05) is 6.07 Å². The van der Waals surface area contributed by atoms with Crippen molar-refractivity contribution < 1.29 is 9.53 Å². The standard InChI is InChI=1S/C18H23N3O2/c1-2-20(13-17-8-3-4-11-23-17)18(22)15-6-5-7-16(12-15)21-10-9-19-14-21/h5-7,9-10,12,14,17H,2-4,8,11,13H2,1H3. The number of rotatable bonds is 5. The largest absolute Gasteiger partial charge is 0.376 e.